The van der Waals surface area contributed by atoms with Gasteiger partial charge in [0.1, 0.15) is 11.5 Å². The molecule has 2 aromatic rings. The van der Waals surface area contributed by atoms with E-state index in [0.717, 1.165) is 38.0 Å². The minimum atomic E-state index is -0.469. The lowest BCUT2D eigenvalue weighted by atomic mass is 9.85. The van der Waals surface area contributed by atoms with Gasteiger partial charge >= 0.3 is 0 Å². The topological polar surface area (TPSA) is 27.7 Å². The SMILES string of the molecule is CCc1cc(Br)c2c(c1)C1Oc3c(Br)cc(C(C)(C)C)cc3C(O2)O1. The minimum absolute atomic E-state index is 0.0254. The average Bonchev–Trinajstić information content (AvgIpc) is 2.55. The van der Waals surface area contributed by atoms with Gasteiger partial charge in [-0.25, -0.2) is 0 Å². The van der Waals surface area contributed by atoms with Crippen LogP contribution >= 0.6 is 31.9 Å². The lowest BCUT2D eigenvalue weighted by Crippen LogP contribution is -2.31. The minimum Gasteiger partial charge on any atom is -0.459 e. The van der Waals surface area contributed by atoms with Crippen molar-refractivity contribution in [2.75, 3.05) is 0 Å². The number of aryl methyl sites for hydroxylation is 1. The van der Waals surface area contributed by atoms with Gasteiger partial charge in [0.25, 0.3) is 0 Å². The van der Waals surface area contributed by atoms with Crippen LogP contribution in [0.2, 0.25) is 0 Å². The number of halogens is 2. The van der Waals surface area contributed by atoms with Crippen LogP contribution in [0.4, 0.5) is 0 Å². The van der Waals surface area contributed by atoms with E-state index in [0.29, 0.717) is 0 Å². The molecule has 2 aromatic carbocycles. The van der Waals surface area contributed by atoms with Gasteiger partial charge in [-0.1, -0.05) is 27.7 Å². The van der Waals surface area contributed by atoms with Gasteiger partial charge in [-0.15, -0.1) is 0 Å². The van der Waals surface area contributed by atoms with Crippen molar-refractivity contribution in [1.29, 1.82) is 0 Å². The third-order valence-electron chi connectivity index (χ3n) is 4.68. The summed E-state index contributed by atoms with van der Waals surface area (Å²) in [4.78, 5) is 0. The zero-order valence-electron chi connectivity index (χ0n) is 14.7. The van der Waals surface area contributed by atoms with Crippen LogP contribution in [0.25, 0.3) is 0 Å². The molecule has 4 rings (SSSR count). The highest BCUT2D eigenvalue weighted by molar-refractivity contribution is 9.10. The maximum absolute atomic E-state index is 6.21. The lowest BCUT2D eigenvalue weighted by molar-refractivity contribution is -0.228. The molecule has 0 N–H and O–H groups in total. The maximum Gasteiger partial charge on any atom is 0.234 e. The van der Waals surface area contributed by atoms with Crippen LogP contribution < -0.4 is 9.47 Å². The Morgan fingerprint density at radius 3 is 2.00 bits per heavy atom. The van der Waals surface area contributed by atoms with Crippen LogP contribution in [0.3, 0.4) is 0 Å². The second-order valence-corrected chi connectivity index (χ2v) is 9.22. The first-order valence-electron chi connectivity index (χ1n) is 8.43. The molecular formula is C20H20Br2O3. The number of hydrogen-bond donors (Lipinski definition) is 0. The smallest absolute Gasteiger partial charge is 0.234 e. The van der Waals surface area contributed by atoms with Crippen LogP contribution in [0.1, 0.15) is 62.5 Å². The summed E-state index contributed by atoms with van der Waals surface area (Å²) >= 11 is 7.31. The molecule has 5 heteroatoms. The maximum atomic E-state index is 6.21. The highest BCUT2D eigenvalue weighted by atomic mass is 79.9. The van der Waals surface area contributed by atoms with Crippen molar-refractivity contribution >= 4 is 31.9 Å². The van der Waals surface area contributed by atoms with Gasteiger partial charge in [0.05, 0.1) is 20.1 Å². The van der Waals surface area contributed by atoms with Crippen molar-refractivity contribution in [2.45, 2.75) is 52.1 Å². The fourth-order valence-corrected chi connectivity index (χ4v) is 4.36. The zero-order valence-corrected chi connectivity index (χ0v) is 17.8. The fourth-order valence-electron chi connectivity index (χ4n) is 3.18. The summed E-state index contributed by atoms with van der Waals surface area (Å²) in [6.07, 6.45) is 0.0153. The standard InChI is InChI=1S/C20H20Br2O3/c1-5-10-6-12-16(14(21)7-10)23-19-13-8-11(20(2,3)4)9-15(22)17(13)24-18(12)25-19/h6-9,18-19H,5H2,1-4H3. The van der Waals surface area contributed by atoms with Crippen LogP contribution in [0, 0.1) is 0 Å². The normalized spacial score (nSPS) is 21.0. The third kappa shape index (κ3) is 2.90. The lowest BCUT2D eigenvalue weighted by Gasteiger charge is -2.39. The van der Waals surface area contributed by atoms with Crippen molar-refractivity contribution in [3.05, 3.63) is 55.5 Å². The highest BCUT2D eigenvalue weighted by Crippen LogP contribution is 2.52. The molecule has 0 saturated carbocycles. The van der Waals surface area contributed by atoms with Gasteiger partial charge in [0.2, 0.25) is 12.6 Å². The van der Waals surface area contributed by atoms with Crippen molar-refractivity contribution in [1.82, 2.24) is 0 Å². The highest BCUT2D eigenvalue weighted by Gasteiger charge is 2.40. The molecule has 0 radical (unpaired) electrons. The summed E-state index contributed by atoms with van der Waals surface area (Å²) in [7, 11) is 0. The molecule has 0 saturated heterocycles. The molecule has 2 aliphatic rings. The van der Waals surface area contributed by atoms with Crippen molar-refractivity contribution < 1.29 is 14.2 Å². The van der Waals surface area contributed by atoms with E-state index in [4.69, 9.17) is 14.2 Å². The molecule has 0 amide bonds. The van der Waals surface area contributed by atoms with Gasteiger partial charge in [-0.3, -0.25) is 4.74 Å². The number of benzene rings is 2. The van der Waals surface area contributed by atoms with Crippen molar-refractivity contribution in [2.24, 2.45) is 0 Å². The van der Waals surface area contributed by atoms with E-state index in [2.05, 4.69) is 83.8 Å². The van der Waals surface area contributed by atoms with E-state index in [1.807, 2.05) is 0 Å². The fraction of sp³-hybridized carbons (Fsp3) is 0.400. The first-order chi connectivity index (χ1) is 11.8. The van der Waals surface area contributed by atoms with Gasteiger partial charge < -0.3 is 9.47 Å². The Morgan fingerprint density at radius 2 is 1.44 bits per heavy atom. The Hall–Kier alpha value is -1.04. The quantitative estimate of drug-likeness (QED) is 0.474. The molecule has 2 bridgehead atoms. The molecule has 132 valence electrons. The van der Waals surface area contributed by atoms with Gasteiger partial charge in [0, 0.05) is 0 Å². The zero-order chi connectivity index (χ0) is 17.9. The third-order valence-corrected chi connectivity index (χ3v) is 5.86. The number of rotatable bonds is 1. The van der Waals surface area contributed by atoms with Crippen LogP contribution in [0.15, 0.2) is 33.2 Å². The van der Waals surface area contributed by atoms with Crippen LogP contribution in [-0.4, -0.2) is 0 Å². The van der Waals surface area contributed by atoms with E-state index >= 15 is 0 Å². The molecule has 0 aromatic heterocycles. The second kappa shape index (κ2) is 6.00. The summed E-state index contributed by atoms with van der Waals surface area (Å²) in [6, 6.07) is 8.45. The summed E-state index contributed by atoms with van der Waals surface area (Å²) in [5, 5.41) is 0. The first-order valence-corrected chi connectivity index (χ1v) is 10.0. The summed E-state index contributed by atoms with van der Waals surface area (Å²) in [5.41, 5.74) is 4.30. The largest absolute Gasteiger partial charge is 0.459 e. The van der Waals surface area contributed by atoms with E-state index in [-0.39, 0.29) is 5.41 Å². The molecule has 2 heterocycles. The monoisotopic (exact) mass is 466 g/mol. The van der Waals surface area contributed by atoms with E-state index in [1.165, 1.54) is 11.1 Å². The first kappa shape index (κ1) is 17.4. The second-order valence-electron chi connectivity index (χ2n) is 7.51. The molecule has 0 fully saturated rings. The summed E-state index contributed by atoms with van der Waals surface area (Å²) < 4.78 is 20.4. The molecule has 0 aliphatic carbocycles. The van der Waals surface area contributed by atoms with Crippen LogP contribution in [0.5, 0.6) is 11.5 Å². The van der Waals surface area contributed by atoms with E-state index in [9.17, 15) is 0 Å². The van der Waals surface area contributed by atoms with E-state index < -0.39 is 12.6 Å². The molecular weight excluding hydrogens is 448 g/mol. The number of ether oxygens (including phenoxy) is 3. The van der Waals surface area contributed by atoms with Gasteiger partial charge in [0.15, 0.2) is 0 Å². The Bertz CT molecular complexity index is 855. The Kier molecular flexibility index (Phi) is 4.17. The summed E-state index contributed by atoms with van der Waals surface area (Å²) in [5.74, 6) is 1.61. The van der Waals surface area contributed by atoms with Crippen LogP contribution in [-0.2, 0) is 16.6 Å². The van der Waals surface area contributed by atoms with Crippen molar-refractivity contribution in [3.8, 4) is 11.5 Å². The Morgan fingerprint density at radius 1 is 0.880 bits per heavy atom. The van der Waals surface area contributed by atoms with Gasteiger partial charge in [-0.05, 0) is 79.1 Å². The predicted molar refractivity (Wildman–Crippen MR) is 104 cm³/mol. The molecule has 0 spiro atoms. The number of hydrogen-bond acceptors (Lipinski definition) is 3. The molecule has 2 atom stereocenters. The van der Waals surface area contributed by atoms with E-state index in [1.54, 1.807) is 0 Å². The van der Waals surface area contributed by atoms with Gasteiger partial charge in [-0.2, -0.15) is 0 Å². The Balaban J connectivity index is 1.83. The molecule has 2 aliphatic heterocycles. The molecule has 25 heavy (non-hydrogen) atoms. The average molecular weight is 468 g/mol. The molecule has 3 nitrogen and oxygen atoms in total. The predicted octanol–water partition coefficient (Wildman–Crippen LogP) is 6.57. The number of fused-ring (bicyclic) bond motifs is 6. The molecule has 2 unspecified atom stereocenters. The summed E-state index contributed by atoms with van der Waals surface area (Å²) in [6.45, 7) is 8.69. The Labute approximate surface area is 164 Å². The van der Waals surface area contributed by atoms with Crippen molar-refractivity contribution in [3.63, 3.8) is 0 Å².